The summed E-state index contributed by atoms with van der Waals surface area (Å²) in [5.41, 5.74) is 2.71. The Morgan fingerprint density at radius 2 is 1.71 bits per heavy atom. The molecule has 6 heteroatoms. The van der Waals surface area contributed by atoms with Gasteiger partial charge in [0.2, 0.25) is 5.91 Å². The summed E-state index contributed by atoms with van der Waals surface area (Å²) < 4.78 is 0. The number of nitrogens with one attached hydrogen (secondary N) is 2. The molecule has 1 aliphatic rings. The summed E-state index contributed by atoms with van der Waals surface area (Å²) in [7, 11) is 0. The average molecular weight is 419 g/mol. The maximum absolute atomic E-state index is 13.8. The molecule has 1 fully saturated rings. The molecule has 0 spiro atoms. The molecular weight excluding hydrogens is 388 g/mol. The van der Waals surface area contributed by atoms with Gasteiger partial charge in [-0.15, -0.1) is 0 Å². The van der Waals surface area contributed by atoms with Gasteiger partial charge in [0.05, 0.1) is 12.6 Å². The van der Waals surface area contributed by atoms with E-state index < -0.39 is 0 Å². The summed E-state index contributed by atoms with van der Waals surface area (Å²) in [6.45, 7) is 6.21. The van der Waals surface area contributed by atoms with Crippen molar-refractivity contribution in [3.8, 4) is 0 Å². The number of piperazine rings is 1. The Labute approximate surface area is 183 Å². The fraction of sp³-hybridized carbons (Fsp3) is 0.360. The van der Waals surface area contributed by atoms with Gasteiger partial charge >= 0.3 is 0 Å². The summed E-state index contributed by atoms with van der Waals surface area (Å²) in [5, 5.41) is 3.90. The second-order valence-electron chi connectivity index (χ2n) is 8.09. The zero-order valence-corrected chi connectivity index (χ0v) is 18.0. The first-order valence-electron chi connectivity index (χ1n) is 11.1. The van der Waals surface area contributed by atoms with E-state index in [0.717, 1.165) is 54.6 Å². The molecule has 4 rings (SSSR count). The number of aromatic amines is 1. The molecule has 1 aliphatic heterocycles. The number of Topliss-reactive ketones (excluding diaryl/α,β-unsaturated/α-hetero) is 1. The molecule has 2 aromatic carbocycles. The number of nitrogens with zero attached hydrogens (tertiary/aromatic N) is 2. The van der Waals surface area contributed by atoms with Crippen LogP contribution in [0.15, 0.2) is 60.8 Å². The SMILES string of the molecule is CCCNC(=O)CN1CCN([C@H](C(=O)c2c[nH]c3ccccc23)c2ccccc2)CC1. The summed E-state index contributed by atoms with van der Waals surface area (Å²) in [6, 6.07) is 17.6. The highest BCUT2D eigenvalue weighted by atomic mass is 16.2. The molecule has 1 amide bonds. The van der Waals surface area contributed by atoms with Crippen LogP contribution in [0.2, 0.25) is 0 Å². The minimum atomic E-state index is -0.337. The van der Waals surface area contributed by atoms with E-state index in [9.17, 15) is 9.59 Å². The van der Waals surface area contributed by atoms with Gasteiger partial charge in [-0.2, -0.15) is 0 Å². The first kappa shape index (κ1) is 21.3. The van der Waals surface area contributed by atoms with Crippen LogP contribution in [0.5, 0.6) is 0 Å². The van der Waals surface area contributed by atoms with Gasteiger partial charge in [0.1, 0.15) is 0 Å². The lowest BCUT2D eigenvalue weighted by Crippen LogP contribution is -2.51. The maximum atomic E-state index is 13.8. The van der Waals surface area contributed by atoms with Crippen LogP contribution in [0.4, 0.5) is 0 Å². The number of benzene rings is 2. The third-order valence-electron chi connectivity index (χ3n) is 5.93. The van der Waals surface area contributed by atoms with Crippen LogP contribution in [-0.4, -0.2) is 65.7 Å². The van der Waals surface area contributed by atoms with Gasteiger partial charge in [0.25, 0.3) is 0 Å². The molecule has 1 atom stereocenters. The largest absolute Gasteiger partial charge is 0.360 e. The second-order valence-corrected chi connectivity index (χ2v) is 8.09. The van der Waals surface area contributed by atoms with Gasteiger partial charge in [-0.05, 0) is 18.1 Å². The summed E-state index contributed by atoms with van der Waals surface area (Å²) in [6.07, 6.45) is 2.77. The predicted octanol–water partition coefficient (Wildman–Crippen LogP) is 3.24. The Kier molecular flexibility index (Phi) is 6.79. The highest BCUT2D eigenvalue weighted by molar-refractivity contribution is 6.10. The zero-order chi connectivity index (χ0) is 21.6. The van der Waals surface area contributed by atoms with Crippen molar-refractivity contribution >= 4 is 22.6 Å². The van der Waals surface area contributed by atoms with Crippen molar-refractivity contribution in [2.45, 2.75) is 19.4 Å². The van der Waals surface area contributed by atoms with E-state index in [2.05, 4.69) is 20.1 Å². The molecule has 0 bridgehead atoms. The van der Waals surface area contributed by atoms with Crippen LogP contribution >= 0.6 is 0 Å². The monoisotopic (exact) mass is 418 g/mol. The maximum Gasteiger partial charge on any atom is 0.234 e. The van der Waals surface area contributed by atoms with E-state index in [1.54, 1.807) is 0 Å². The van der Waals surface area contributed by atoms with Crippen LogP contribution in [0.3, 0.4) is 0 Å². The topological polar surface area (TPSA) is 68.4 Å². The predicted molar refractivity (Wildman–Crippen MR) is 123 cm³/mol. The fourth-order valence-electron chi connectivity index (χ4n) is 4.29. The number of para-hydroxylation sites is 1. The third kappa shape index (κ3) is 4.86. The van der Waals surface area contributed by atoms with Crippen LogP contribution in [0.25, 0.3) is 10.9 Å². The van der Waals surface area contributed by atoms with E-state index in [4.69, 9.17) is 0 Å². The molecule has 0 unspecified atom stereocenters. The summed E-state index contributed by atoms with van der Waals surface area (Å²) in [4.78, 5) is 33.5. The Hall–Kier alpha value is -2.96. The van der Waals surface area contributed by atoms with Crippen molar-refractivity contribution in [2.24, 2.45) is 0 Å². The van der Waals surface area contributed by atoms with Gasteiger partial charge in [0, 0.05) is 55.4 Å². The number of H-pyrrole nitrogens is 1. The number of carbonyl (C=O) groups is 2. The molecule has 0 radical (unpaired) electrons. The van der Waals surface area contributed by atoms with Crippen LogP contribution in [-0.2, 0) is 4.79 Å². The van der Waals surface area contributed by atoms with E-state index in [1.165, 1.54) is 0 Å². The third-order valence-corrected chi connectivity index (χ3v) is 5.93. The number of rotatable bonds is 8. The van der Waals surface area contributed by atoms with Crippen molar-refractivity contribution in [2.75, 3.05) is 39.3 Å². The van der Waals surface area contributed by atoms with Crippen molar-refractivity contribution in [1.82, 2.24) is 20.1 Å². The Bertz CT molecular complexity index is 1020. The number of fused-ring (bicyclic) bond motifs is 1. The Balaban J connectivity index is 1.52. The molecule has 1 saturated heterocycles. The zero-order valence-electron chi connectivity index (χ0n) is 18.0. The molecule has 162 valence electrons. The molecule has 2 heterocycles. The molecule has 0 saturated carbocycles. The lowest BCUT2D eigenvalue weighted by molar-refractivity contribution is -0.122. The normalized spacial score (nSPS) is 16.3. The molecule has 1 aromatic heterocycles. The van der Waals surface area contributed by atoms with Crippen LogP contribution in [0, 0.1) is 0 Å². The summed E-state index contributed by atoms with van der Waals surface area (Å²) >= 11 is 0. The average Bonchev–Trinajstić information content (AvgIpc) is 3.24. The Morgan fingerprint density at radius 1 is 1.00 bits per heavy atom. The highest BCUT2D eigenvalue weighted by Gasteiger charge is 2.32. The van der Waals surface area contributed by atoms with Gasteiger partial charge in [-0.1, -0.05) is 55.5 Å². The van der Waals surface area contributed by atoms with Crippen molar-refractivity contribution in [1.29, 1.82) is 0 Å². The van der Waals surface area contributed by atoms with Crippen LogP contribution < -0.4 is 5.32 Å². The van der Waals surface area contributed by atoms with Crippen LogP contribution in [0.1, 0.15) is 35.3 Å². The molecule has 31 heavy (non-hydrogen) atoms. The number of carbonyl (C=O) groups excluding carboxylic acids is 2. The Morgan fingerprint density at radius 3 is 2.45 bits per heavy atom. The lowest BCUT2D eigenvalue weighted by atomic mass is 9.95. The van der Waals surface area contributed by atoms with Gasteiger partial charge in [-0.25, -0.2) is 0 Å². The van der Waals surface area contributed by atoms with Crippen molar-refractivity contribution < 1.29 is 9.59 Å². The van der Waals surface area contributed by atoms with Crippen molar-refractivity contribution in [3.63, 3.8) is 0 Å². The van der Waals surface area contributed by atoms with E-state index in [-0.39, 0.29) is 17.7 Å². The summed E-state index contributed by atoms with van der Waals surface area (Å²) in [5.74, 6) is 0.183. The molecule has 3 aromatic rings. The van der Waals surface area contributed by atoms with E-state index >= 15 is 0 Å². The standard InChI is InChI=1S/C25H30N4O2/c1-2-12-26-23(30)18-28-13-15-29(16-14-28)24(19-8-4-3-5-9-19)25(31)21-17-27-22-11-7-6-10-20(21)22/h3-11,17,24,27H,2,12-16,18H2,1H3,(H,26,30)/t24-/m0/s1. The molecular formula is C25H30N4O2. The van der Waals surface area contributed by atoms with Gasteiger partial charge in [-0.3, -0.25) is 19.4 Å². The van der Waals surface area contributed by atoms with E-state index in [1.807, 2.05) is 67.7 Å². The minimum absolute atomic E-state index is 0.0739. The number of ketones is 1. The highest BCUT2D eigenvalue weighted by Crippen LogP contribution is 2.29. The number of aromatic nitrogens is 1. The first-order valence-corrected chi connectivity index (χ1v) is 11.1. The molecule has 2 N–H and O–H groups in total. The fourth-order valence-corrected chi connectivity index (χ4v) is 4.29. The minimum Gasteiger partial charge on any atom is -0.360 e. The smallest absolute Gasteiger partial charge is 0.234 e. The van der Waals surface area contributed by atoms with E-state index in [0.29, 0.717) is 13.1 Å². The quantitative estimate of drug-likeness (QED) is 0.551. The number of amides is 1. The lowest BCUT2D eigenvalue weighted by Gasteiger charge is -2.38. The second kappa shape index (κ2) is 9.90. The van der Waals surface area contributed by atoms with Gasteiger partial charge in [0.15, 0.2) is 5.78 Å². The van der Waals surface area contributed by atoms with Gasteiger partial charge < -0.3 is 10.3 Å². The van der Waals surface area contributed by atoms with Crippen molar-refractivity contribution in [3.05, 3.63) is 71.9 Å². The molecule has 6 nitrogen and oxygen atoms in total. The molecule has 0 aliphatic carbocycles. The first-order chi connectivity index (χ1) is 15.2. The number of hydrogen-bond donors (Lipinski definition) is 2. The number of hydrogen-bond acceptors (Lipinski definition) is 4.